The van der Waals surface area contributed by atoms with Gasteiger partial charge in [-0.05, 0) is 43.9 Å². The maximum Gasteiger partial charge on any atom is 0.250 e. The third-order valence-corrected chi connectivity index (χ3v) is 6.84. The van der Waals surface area contributed by atoms with E-state index in [9.17, 15) is 8.42 Å². The predicted octanol–water partition coefficient (Wildman–Crippen LogP) is 3.05. The van der Waals surface area contributed by atoms with Crippen molar-refractivity contribution >= 4 is 38.6 Å². The summed E-state index contributed by atoms with van der Waals surface area (Å²) < 4.78 is 28.1. The normalized spacial score (nSPS) is 13.2. The number of nitrogens with zero attached hydrogens (tertiary/aromatic N) is 2. The molecule has 0 radical (unpaired) electrons. The first-order valence-electron chi connectivity index (χ1n) is 7.39. The Morgan fingerprint density at radius 1 is 1.08 bits per heavy atom. The molecule has 0 aliphatic heterocycles. The van der Waals surface area contributed by atoms with Crippen molar-refractivity contribution in [2.24, 2.45) is 0 Å². The largest absolute Gasteiger partial charge is 0.378 e. The van der Waals surface area contributed by atoms with Crippen LogP contribution in [0.4, 0.5) is 5.69 Å². The van der Waals surface area contributed by atoms with Gasteiger partial charge in [0.15, 0.2) is 0 Å². The number of hydrogen-bond acceptors (Lipinski definition) is 5. The summed E-state index contributed by atoms with van der Waals surface area (Å²) >= 11 is 6.88. The summed E-state index contributed by atoms with van der Waals surface area (Å²) in [6, 6.07) is 11.1. The Morgan fingerprint density at radius 2 is 1.71 bits per heavy atom. The van der Waals surface area contributed by atoms with E-state index in [1.807, 2.05) is 62.3 Å². The molecule has 0 aliphatic carbocycles. The summed E-state index contributed by atoms with van der Waals surface area (Å²) in [7, 11) is 4.28. The number of nitrogens with one attached hydrogen (secondary N) is 1. The van der Waals surface area contributed by atoms with Crippen molar-refractivity contribution in [1.29, 1.82) is 0 Å². The van der Waals surface area contributed by atoms with Crippen molar-refractivity contribution in [3.8, 4) is 0 Å². The standard InChI is InChI=1S/C16H22ClN3O2S2/c1-19(2)13-7-5-12(6-8-13)14(20(3)4)11-18-24(21,22)16-10-9-15(17)23-16/h5-10,14,18H,11H2,1-4H3. The van der Waals surface area contributed by atoms with Gasteiger partial charge in [0.1, 0.15) is 4.21 Å². The summed E-state index contributed by atoms with van der Waals surface area (Å²) in [5.41, 5.74) is 2.16. The van der Waals surface area contributed by atoms with Crippen LogP contribution in [0.2, 0.25) is 4.34 Å². The minimum Gasteiger partial charge on any atom is -0.378 e. The quantitative estimate of drug-likeness (QED) is 0.793. The van der Waals surface area contributed by atoms with Crippen molar-refractivity contribution in [3.05, 3.63) is 46.3 Å². The highest BCUT2D eigenvalue weighted by Crippen LogP contribution is 2.26. The lowest BCUT2D eigenvalue weighted by molar-refractivity contribution is 0.299. The van der Waals surface area contributed by atoms with Gasteiger partial charge in [0.2, 0.25) is 10.0 Å². The average Bonchev–Trinajstić information content (AvgIpc) is 2.95. The van der Waals surface area contributed by atoms with Gasteiger partial charge in [0.05, 0.1) is 4.34 Å². The Labute approximate surface area is 152 Å². The fourth-order valence-corrected chi connectivity index (χ4v) is 4.86. The molecule has 5 nitrogen and oxygen atoms in total. The molecule has 0 fully saturated rings. The maximum atomic E-state index is 12.4. The highest BCUT2D eigenvalue weighted by Gasteiger charge is 2.21. The van der Waals surface area contributed by atoms with E-state index in [1.165, 1.54) is 6.07 Å². The average molecular weight is 388 g/mol. The first-order valence-corrected chi connectivity index (χ1v) is 10.1. The Kier molecular flexibility index (Phi) is 6.28. The van der Waals surface area contributed by atoms with Crippen LogP contribution in [0.15, 0.2) is 40.6 Å². The monoisotopic (exact) mass is 387 g/mol. The van der Waals surface area contributed by atoms with Crippen molar-refractivity contribution in [3.63, 3.8) is 0 Å². The number of anilines is 1. The molecule has 1 N–H and O–H groups in total. The van der Waals surface area contributed by atoms with Crippen LogP contribution < -0.4 is 9.62 Å². The zero-order valence-electron chi connectivity index (χ0n) is 14.2. The molecule has 0 bridgehead atoms. The number of thiophene rings is 1. The van der Waals surface area contributed by atoms with Crippen LogP contribution in [0, 0.1) is 0 Å². The molecule has 8 heteroatoms. The fraction of sp³-hybridized carbons (Fsp3) is 0.375. The molecule has 0 aliphatic rings. The number of sulfonamides is 1. The smallest absolute Gasteiger partial charge is 0.250 e. The van der Waals surface area contributed by atoms with Gasteiger partial charge in [-0.1, -0.05) is 23.7 Å². The predicted molar refractivity (Wildman–Crippen MR) is 102 cm³/mol. The van der Waals surface area contributed by atoms with E-state index in [4.69, 9.17) is 11.6 Å². The van der Waals surface area contributed by atoms with E-state index in [2.05, 4.69) is 4.72 Å². The minimum absolute atomic E-state index is 0.0635. The topological polar surface area (TPSA) is 52.7 Å². The van der Waals surface area contributed by atoms with E-state index in [0.717, 1.165) is 22.6 Å². The number of halogens is 1. The first-order chi connectivity index (χ1) is 11.2. The molecule has 2 aromatic rings. The number of hydrogen-bond donors (Lipinski definition) is 1. The van der Waals surface area contributed by atoms with E-state index in [1.54, 1.807) is 6.07 Å². The van der Waals surface area contributed by atoms with E-state index in [0.29, 0.717) is 4.34 Å². The van der Waals surface area contributed by atoms with Gasteiger partial charge in [0.25, 0.3) is 0 Å². The molecule has 24 heavy (non-hydrogen) atoms. The second kappa shape index (κ2) is 7.84. The lowest BCUT2D eigenvalue weighted by Gasteiger charge is -2.25. The fourth-order valence-electron chi connectivity index (χ4n) is 2.30. The summed E-state index contributed by atoms with van der Waals surface area (Å²) in [5.74, 6) is 0. The van der Waals surface area contributed by atoms with Crippen LogP contribution in [-0.4, -0.2) is 48.1 Å². The van der Waals surface area contributed by atoms with Gasteiger partial charge in [0, 0.05) is 32.4 Å². The molecule has 2 rings (SSSR count). The van der Waals surface area contributed by atoms with Gasteiger partial charge in [-0.15, -0.1) is 11.3 Å². The first kappa shape index (κ1) is 19.2. The van der Waals surface area contributed by atoms with Crippen molar-refractivity contribution in [2.75, 3.05) is 39.6 Å². The Hall–Kier alpha value is -1.12. The number of rotatable bonds is 7. The molecule has 1 unspecified atom stereocenters. The molecule has 0 amide bonds. The van der Waals surface area contributed by atoms with Crippen LogP contribution in [0.1, 0.15) is 11.6 Å². The number of likely N-dealkylation sites (N-methyl/N-ethyl adjacent to an activating group) is 1. The second-order valence-electron chi connectivity index (χ2n) is 5.88. The molecule has 1 aromatic carbocycles. The zero-order valence-corrected chi connectivity index (χ0v) is 16.5. The molecular weight excluding hydrogens is 366 g/mol. The molecule has 1 heterocycles. The Morgan fingerprint density at radius 3 is 2.17 bits per heavy atom. The van der Waals surface area contributed by atoms with Crippen LogP contribution in [-0.2, 0) is 10.0 Å². The van der Waals surface area contributed by atoms with Crippen molar-refractivity contribution < 1.29 is 8.42 Å². The summed E-state index contributed by atoms with van der Waals surface area (Å²) in [4.78, 5) is 4.02. The summed E-state index contributed by atoms with van der Waals surface area (Å²) in [6.07, 6.45) is 0. The highest BCUT2D eigenvalue weighted by molar-refractivity contribution is 7.91. The SMILES string of the molecule is CN(C)c1ccc(C(CNS(=O)(=O)c2ccc(Cl)s2)N(C)C)cc1. The third-order valence-electron chi connectivity index (χ3n) is 3.70. The van der Waals surface area contributed by atoms with Gasteiger partial charge < -0.3 is 9.80 Å². The van der Waals surface area contributed by atoms with E-state index < -0.39 is 10.0 Å². The van der Waals surface area contributed by atoms with E-state index >= 15 is 0 Å². The summed E-state index contributed by atoms with van der Waals surface area (Å²) in [6.45, 7) is 0.284. The van der Waals surface area contributed by atoms with Crippen molar-refractivity contribution in [2.45, 2.75) is 10.3 Å². The summed E-state index contributed by atoms with van der Waals surface area (Å²) in [5, 5.41) is 0. The number of benzene rings is 1. The van der Waals surface area contributed by atoms with Crippen LogP contribution in [0.25, 0.3) is 0 Å². The van der Waals surface area contributed by atoms with Gasteiger partial charge in [-0.25, -0.2) is 13.1 Å². The molecule has 1 aromatic heterocycles. The highest BCUT2D eigenvalue weighted by atomic mass is 35.5. The molecule has 0 saturated heterocycles. The maximum absolute atomic E-state index is 12.4. The van der Waals surface area contributed by atoms with Crippen LogP contribution in [0.5, 0.6) is 0 Å². The molecule has 0 saturated carbocycles. The van der Waals surface area contributed by atoms with Crippen LogP contribution >= 0.6 is 22.9 Å². The zero-order chi connectivity index (χ0) is 17.9. The van der Waals surface area contributed by atoms with Crippen molar-refractivity contribution in [1.82, 2.24) is 9.62 Å². The van der Waals surface area contributed by atoms with Gasteiger partial charge in [-0.2, -0.15) is 0 Å². The molecule has 1 atom stereocenters. The second-order valence-corrected chi connectivity index (χ2v) is 9.58. The van der Waals surface area contributed by atoms with Gasteiger partial charge in [-0.3, -0.25) is 0 Å². The lowest BCUT2D eigenvalue weighted by atomic mass is 10.1. The third kappa shape index (κ3) is 4.70. The lowest BCUT2D eigenvalue weighted by Crippen LogP contribution is -2.34. The Bertz CT molecular complexity index is 771. The molecule has 132 valence electrons. The van der Waals surface area contributed by atoms with Crippen LogP contribution in [0.3, 0.4) is 0 Å². The van der Waals surface area contributed by atoms with Gasteiger partial charge >= 0.3 is 0 Å². The van der Waals surface area contributed by atoms with E-state index in [-0.39, 0.29) is 16.8 Å². The molecule has 0 spiro atoms. The Balaban J connectivity index is 2.14. The molecular formula is C16H22ClN3O2S2. The minimum atomic E-state index is -3.55.